The topological polar surface area (TPSA) is 101 Å². The molecule has 0 aliphatic heterocycles. The first-order valence-corrected chi connectivity index (χ1v) is 13.8. The van der Waals surface area contributed by atoms with Crippen molar-refractivity contribution in [1.29, 1.82) is 0 Å². The number of hydrogen-bond acceptors (Lipinski definition) is 8. The first-order chi connectivity index (χ1) is 19.6. The summed E-state index contributed by atoms with van der Waals surface area (Å²) in [5.41, 5.74) is 3.55. The van der Waals surface area contributed by atoms with E-state index in [2.05, 4.69) is 34.9 Å². The van der Waals surface area contributed by atoms with Crippen LogP contribution in [0.15, 0.2) is 62.9 Å². The monoisotopic (exact) mass is 621 g/mol. The number of methoxy groups -OCH3 is 3. The molecule has 0 fully saturated rings. The molecule has 0 saturated heterocycles. The molecular formula is C31H32BrN3O6. The molecule has 3 aromatic carbocycles. The van der Waals surface area contributed by atoms with Gasteiger partial charge in [-0.15, -0.1) is 0 Å². The van der Waals surface area contributed by atoms with Crippen LogP contribution in [-0.4, -0.2) is 49.3 Å². The molecule has 0 saturated carbocycles. The van der Waals surface area contributed by atoms with Gasteiger partial charge in [0, 0.05) is 5.56 Å². The number of carbonyl (C=O) groups is 1. The second-order valence-electron chi connectivity index (χ2n) is 9.70. The maximum absolute atomic E-state index is 13.7. The fourth-order valence-electron chi connectivity index (χ4n) is 4.42. The molecule has 41 heavy (non-hydrogen) atoms. The lowest BCUT2D eigenvalue weighted by Gasteiger charge is -2.18. The molecule has 0 N–H and O–H groups in total. The van der Waals surface area contributed by atoms with Gasteiger partial charge in [0.25, 0.3) is 5.56 Å². The number of hydrogen-bond donors (Lipinski definition) is 0. The second-order valence-corrected chi connectivity index (χ2v) is 10.5. The summed E-state index contributed by atoms with van der Waals surface area (Å²) in [6.45, 7) is 7.70. The van der Waals surface area contributed by atoms with Gasteiger partial charge in [-0.3, -0.25) is 4.79 Å². The molecule has 9 nitrogen and oxygen atoms in total. The van der Waals surface area contributed by atoms with Crippen LogP contribution in [0, 0.1) is 6.92 Å². The van der Waals surface area contributed by atoms with Crippen LogP contribution < -0.4 is 19.8 Å². The van der Waals surface area contributed by atoms with Gasteiger partial charge in [-0.25, -0.2) is 9.78 Å². The van der Waals surface area contributed by atoms with Crippen LogP contribution in [0.1, 0.15) is 43.4 Å². The van der Waals surface area contributed by atoms with Gasteiger partial charge in [0.2, 0.25) is 0 Å². The standard InChI is InChI=1S/C31H32BrN3O6/c1-17(2)22-15-23(18(3)12-26(22)38-5)29-34-25-11-9-8-10-21(25)30(36)35(29)33-16-20-13-24(32)28(27(14-20)39-6)41-19(4)31(37)40-7/h8-17,19H,1-7H3/t19-/m1/s1. The molecule has 0 unspecified atom stereocenters. The Labute approximate surface area is 246 Å². The number of carbonyl (C=O) groups excluding carboxylic acids is 1. The van der Waals surface area contributed by atoms with Crippen molar-refractivity contribution < 1.29 is 23.7 Å². The smallest absolute Gasteiger partial charge is 0.346 e. The Morgan fingerprint density at radius 1 is 1.02 bits per heavy atom. The zero-order valence-electron chi connectivity index (χ0n) is 24.0. The maximum Gasteiger partial charge on any atom is 0.346 e. The molecule has 4 rings (SSSR count). The Morgan fingerprint density at radius 2 is 1.73 bits per heavy atom. The number of benzene rings is 3. The second kappa shape index (κ2) is 12.6. The highest BCUT2D eigenvalue weighted by Crippen LogP contribution is 2.37. The van der Waals surface area contributed by atoms with Crippen molar-refractivity contribution in [2.75, 3.05) is 21.3 Å². The maximum atomic E-state index is 13.7. The third-order valence-corrected chi connectivity index (χ3v) is 7.18. The normalized spacial score (nSPS) is 12.1. The number of para-hydroxylation sites is 1. The Bertz CT molecular complexity index is 1700. The average Bonchev–Trinajstić information content (AvgIpc) is 2.96. The van der Waals surface area contributed by atoms with Gasteiger partial charge in [-0.1, -0.05) is 26.0 Å². The van der Waals surface area contributed by atoms with E-state index in [1.807, 2.05) is 31.2 Å². The van der Waals surface area contributed by atoms with Crippen molar-refractivity contribution in [3.05, 3.63) is 80.0 Å². The number of rotatable bonds is 9. The molecular weight excluding hydrogens is 590 g/mol. The van der Waals surface area contributed by atoms with E-state index in [1.54, 1.807) is 44.5 Å². The summed E-state index contributed by atoms with van der Waals surface area (Å²) < 4.78 is 23.5. The van der Waals surface area contributed by atoms with Crippen LogP contribution in [0.3, 0.4) is 0 Å². The van der Waals surface area contributed by atoms with Gasteiger partial charge in [0.15, 0.2) is 23.4 Å². The van der Waals surface area contributed by atoms with E-state index in [0.717, 1.165) is 22.4 Å². The van der Waals surface area contributed by atoms with Crippen LogP contribution in [0.5, 0.6) is 17.2 Å². The summed E-state index contributed by atoms with van der Waals surface area (Å²) in [5, 5.41) is 5.05. The zero-order valence-corrected chi connectivity index (χ0v) is 25.6. The van der Waals surface area contributed by atoms with Crippen molar-refractivity contribution in [2.45, 2.75) is 39.7 Å². The predicted octanol–water partition coefficient (Wildman–Crippen LogP) is 6.10. The molecule has 1 aromatic heterocycles. The number of nitrogens with zero attached hydrogens (tertiary/aromatic N) is 3. The van der Waals surface area contributed by atoms with Crippen molar-refractivity contribution in [1.82, 2.24) is 9.66 Å². The quantitative estimate of drug-likeness (QED) is 0.164. The van der Waals surface area contributed by atoms with Crippen LogP contribution in [0.25, 0.3) is 22.3 Å². The van der Waals surface area contributed by atoms with Crippen molar-refractivity contribution in [3.63, 3.8) is 0 Å². The molecule has 0 spiro atoms. The van der Waals surface area contributed by atoms with Crippen molar-refractivity contribution in [3.8, 4) is 28.6 Å². The third-order valence-electron chi connectivity index (χ3n) is 6.60. The van der Waals surface area contributed by atoms with Gasteiger partial charge in [-0.05, 0) is 88.8 Å². The molecule has 0 bridgehead atoms. The van der Waals surface area contributed by atoms with E-state index in [-0.39, 0.29) is 11.5 Å². The highest BCUT2D eigenvalue weighted by atomic mass is 79.9. The van der Waals surface area contributed by atoms with Gasteiger partial charge in [0.05, 0.1) is 42.9 Å². The van der Waals surface area contributed by atoms with Crippen molar-refractivity contribution in [2.24, 2.45) is 5.10 Å². The van der Waals surface area contributed by atoms with E-state index < -0.39 is 12.1 Å². The van der Waals surface area contributed by atoms with E-state index >= 15 is 0 Å². The predicted molar refractivity (Wildman–Crippen MR) is 163 cm³/mol. The Kier molecular flexibility index (Phi) is 9.12. The Hall–Kier alpha value is -4.18. The Balaban J connectivity index is 1.88. The van der Waals surface area contributed by atoms with E-state index in [1.165, 1.54) is 18.9 Å². The van der Waals surface area contributed by atoms with Gasteiger partial charge in [0.1, 0.15) is 5.75 Å². The third kappa shape index (κ3) is 6.12. The Morgan fingerprint density at radius 3 is 2.39 bits per heavy atom. The lowest BCUT2D eigenvalue weighted by Crippen LogP contribution is -2.25. The molecule has 0 aliphatic carbocycles. The molecule has 4 aromatic rings. The zero-order chi connectivity index (χ0) is 29.8. The highest BCUT2D eigenvalue weighted by molar-refractivity contribution is 9.10. The molecule has 10 heteroatoms. The molecule has 1 heterocycles. The van der Waals surface area contributed by atoms with Crippen LogP contribution >= 0.6 is 15.9 Å². The lowest BCUT2D eigenvalue weighted by molar-refractivity contribution is -0.147. The first-order valence-electron chi connectivity index (χ1n) is 13.0. The minimum atomic E-state index is -0.849. The van der Waals surface area contributed by atoms with Gasteiger partial charge >= 0.3 is 5.97 Å². The largest absolute Gasteiger partial charge is 0.496 e. The van der Waals surface area contributed by atoms with E-state index in [4.69, 9.17) is 23.9 Å². The summed E-state index contributed by atoms with van der Waals surface area (Å²) in [5.74, 6) is 1.55. The summed E-state index contributed by atoms with van der Waals surface area (Å²) in [7, 11) is 4.43. The number of esters is 1. The SMILES string of the molecule is COC(=O)[C@@H](C)Oc1c(Br)cc(C=Nn2c(-c3cc(C(C)C)c(OC)cc3C)nc3ccccc3c2=O)cc1OC. The lowest BCUT2D eigenvalue weighted by atomic mass is 9.96. The highest BCUT2D eigenvalue weighted by Gasteiger charge is 2.21. The van der Waals surface area contributed by atoms with E-state index in [0.29, 0.717) is 38.3 Å². The number of fused-ring (bicyclic) bond motifs is 1. The molecule has 0 aliphatic rings. The first kappa shape index (κ1) is 29.8. The summed E-state index contributed by atoms with van der Waals surface area (Å²) in [4.78, 5) is 30.5. The molecule has 0 radical (unpaired) electrons. The van der Waals surface area contributed by atoms with Gasteiger partial charge in [-0.2, -0.15) is 9.78 Å². The fourth-order valence-corrected chi connectivity index (χ4v) is 4.97. The minimum absolute atomic E-state index is 0.181. The van der Waals surface area contributed by atoms with E-state index in [9.17, 15) is 9.59 Å². The number of ether oxygens (including phenoxy) is 4. The number of halogens is 1. The number of aryl methyl sites for hydroxylation is 1. The average molecular weight is 623 g/mol. The molecule has 0 amide bonds. The molecule has 214 valence electrons. The summed E-state index contributed by atoms with van der Waals surface area (Å²) in [6, 6.07) is 14.6. The fraction of sp³-hybridized carbons (Fsp3) is 0.290. The summed E-state index contributed by atoms with van der Waals surface area (Å²) in [6.07, 6.45) is 0.697. The van der Waals surface area contributed by atoms with Crippen LogP contribution in [-0.2, 0) is 9.53 Å². The van der Waals surface area contributed by atoms with Crippen LogP contribution in [0.2, 0.25) is 0 Å². The van der Waals surface area contributed by atoms with Crippen molar-refractivity contribution >= 4 is 39.0 Å². The molecule has 1 atom stereocenters. The van der Waals surface area contributed by atoms with Crippen LogP contribution in [0.4, 0.5) is 0 Å². The number of aromatic nitrogens is 2. The van der Waals surface area contributed by atoms with Gasteiger partial charge < -0.3 is 18.9 Å². The minimum Gasteiger partial charge on any atom is -0.496 e. The summed E-state index contributed by atoms with van der Waals surface area (Å²) >= 11 is 3.50.